The van der Waals surface area contributed by atoms with Gasteiger partial charge in [-0.1, -0.05) is 30.3 Å². The van der Waals surface area contributed by atoms with Crippen molar-refractivity contribution in [1.82, 2.24) is 4.90 Å². The molecule has 0 aliphatic carbocycles. The third-order valence-corrected chi connectivity index (χ3v) is 4.90. The summed E-state index contributed by atoms with van der Waals surface area (Å²) < 4.78 is 0. The summed E-state index contributed by atoms with van der Waals surface area (Å²) in [6, 6.07) is 17.8. The van der Waals surface area contributed by atoms with Crippen LogP contribution in [0.2, 0.25) is 0 Å². The quantitative estimate of drug-likeness (QED) is 0.915. The molecule has 26 heavy (non-hydrogen) atoms. The summed E-state index contributed by atoms with van der Waals surface area (Å²) in [5, 5.41) is 3.07. The summed E-state index contributed by atoms with van der Waals surface area (Å²) in [6.45, 7) is 2.80. The number of nitrogens with one attached hydrogen (secondary N) is 1. The van der Waals surface area contributed by atoms with Crippen molar-refractivity contribution in [2.75, 3.05) is 30.4 Å². The van der Waals surface area contributed by atoms with Crippen LogP contribution in [0.15, 0.2) is 54.6 Å². The molecule has 5 nitrogen and oxygen atoms in total. The molecule has 1 heterocycles. The molecule has 0 saturated carbocycles. The number of hydrogen-bond acceptors (Lipinski definition) is 3. The van der Waals surface area contributed by atoms with Crippen LogP contribution in [0.5, 0.6) is 0 Å². The number of likely N-dealkylation sites (tertiary alicyclic amines) is 1. The Morgan fingerprint density at radius 1 is 1.08 bits per heavy atom. The molecule has 0 radical (unpaired) electrons. The third kappa shape index (κ3) is 4.04. The molecule has 0 aromatic heterocycles. The van der Waals surface area contributed by atoms with Crippen LogP contribution in [0.1, 0.15) is 19.8 Å². The normalized spacial score (nSPS) is 16.8. The van der Waals surface area contributed by atoms with Gasteiger partial charge in [-0.2, -0.15) is 0 Å². The molecule has 2 aromatic rings. The number of rotatable bonds is 4. The number of amides is 2. The zero-order valence-corrected chi connectivity index (χ0v) is 15.3. The van der Waals surface area contributed by atoms with Gasteiger partial charge in [0.15, 0.2) is 0 Å². The van der Waals surface area contributed by atoms with Gasteiger partial charge < -0.3 is 15.1 Å². The van der Waals surface area contributed by atoms with Gasteiger partial charge in [0.25, 0.3) is 0 Å². The molecule has 1 fully saturated rings. The summed E-state index contributed by atoms with van der Waals surface area (Å²) in [6.07, 6.45) is 1.68. The molecule has 2 aromatic carbocycles. The van der Waals surface area contributed by atoms with Crippen molar-refractivity contribution < 1.29 is 9.59 Å². The zero-order valence-electron chi connectivity index (χ0n) is 15.3. The largest absolute Gasteiger partial charge is 0.343 e. The Morgan fingerprint density at radius 2 is 1.77 bits per heavy atom. The fraction of sp³-hybridized carbons (Fsp3) is 0.333. The molecule has 3 rings (SSSR count). The lowest BCUT2D eigenvalue weighted by atomic mass is 9.97. The van der Waals surface area contributed by atoms with Crippen LogP contribution in [0.4, 0.5) is 17.1 Å². The van der Waals surface area contributed by atoms with E-state index < -0.39 is 0 Å². The Balaban J connectivity index is 1.76. The smallest absolute Gasteiger partial charge is 0.229 e. The molecule has 2 amide bonds. The minimum Gasteiger partial charge on any atom is -0.343 e. The van der Waals surface area contributed by atoms with Gasteiger partial charge in [-0.25, -0.2) is 0 Å². The van der Waals surface area contributed by atoms with Crippen LogP contribution in [-0.4, -0.2) is 36.9 Å². The lowest BCUT2D eigenvalue weighted by molar-refractivity contribution is -0.132. The predicted molar refractivity (Wildman–Crippen MR) is 105 cm³/mol. The lowest BCUT2D eigenvalue weighted by Gasteiger charge is -2.31. The maximum absolute atomic E-state index is 12.8. The standard InChI is InChI=1S/C21H25N3O2/c1-16(25)24-14-8-9-17(15-24)21(26)22-19-12-6-7-13-20(19)23(2)18-10-4-3-5-11-18/h3-7,10-13,17H,8-9,14-15H2,1-2H3,(H,22,26). The Kier molecular flexibility index (Phi) is 5.56. The number of para-hydroxylation sites is 3. The van der Waals surface area contributed by atoms with Crippen molar-refractivity contribution in [3.63, 3.8) is 0 Å². The van der Waals surface area contributed by atoms with E-state index in [1.165, 1.54) is 0 Å². The van der Waals surface area contributed by atoms with Gasteiger partial charge in [-0.15, -0.1) is 0 Å². The van der Waals surface area contributed by atoms with E-state index in [1.807, 2.05) is 61.6 Å². The van der Waals surface area contributed by atoms with E-state index in [0.717, 1.165) is 36.4 Å². The van der Waals surface area contributed by atoms with E-state index in [9.17, 15) is 9.59 Å². The van der Waals surface area contributed by atoms with E-state index in [2.05, 4.69) is 10.2 Å². The molecule has 1 atom stereocenters. The first-order valence-electron chi connectivity index (χ1n) is 9.00. The minimum atomic E-state index is -0.164. The number of piperidine rings is 1. The summed E-state index contributed by atoms with van der Waals surface area (Å²) in [7, 11) is 1.98. The summed E-state index contributed by atoms with van der Waals surface area (Å²) >= 11 is 0. The van der Waals surface area contributed by atoms with Gasteiger partial charge in [0, 0.05) is 32.7 Å². The van der Waals surface area contributed by atoms with Crippen LogP contribution >= 0.6 is 0 Å². The molecular weight excluding hydrogens is 326 g/mol. The average molecular weight is 351 g/mol. The number of carbonyl (C=O) groups excluding carboxylic acids is 2. The molecule has 1 aliphatic rings. The highest BCUT2D eigenvalue weighted by atomic mass is 16.2. The van der Waals surface area contributed by atoms with Gasteiger partial charge in [0.2, 0.25) is 11.8 Å². The van der Waals surface area contributed by atoms with E-state index in [4.69, 9.17) is 0 Å². The summed E-state index contributed by atoms with van der Waals surface area (Å²) in [5.74, 6) is -0.153. The molecule has 1 saturated heterocycles. The monoisotopic (exact) mass is 351 g/mol. The third-order valence-electron chi connectivity index (χ3n) is 4.90. The number of carbonyl (C=O) groups is 2. The van der Waals surface area contributed by atoms with Gasteiger partial charge in [0.05, 0.1) is 17.3 Å². The van der Waals surface area contributed by atoms with E-state index in [-0.39, 0.29) is 17.7 Å². The Hall–Kier alpha value is -2.82. The Bertz CT molecular complexity index is 776. The number of benzene rings is 2. The molecule has 1 N–H and O–H groups in total. The average Bonchev–Trinajstić information content (AvgIpc) is 2.68. The highest BCUT2D eigenvalue weighted by Crippen LogP contribution is 2.31. The molecular formula is C21H25N3O2. The maximum Gasteiger partial charge on any atom is 0.229 e. The van der Waals surface area contributed by atoms with Gasteiger partial charge in [-0.05, 0) is 37.1 Å². The van der Waals surface area contributed by atoms with E-state index >= 15 is 0 Å². The Labute approximate surface area is 154 Å². The molecule has 136 valence electrons. The van der Waals surface area contributed by atoms with Crippen molar-refractivity contribution in [3.05, 3.63) is 54.6 Å². The number of nitrogens with zero attached hydrogens (tertiary/aromatic N) is 2. The topological polar surface area (TPSA) is 52.7 Å². The minimum absolute atomic E-state index is 0.0233. The second-order valence-corrected chi connectivity index (χ2v) is 6.71. The van der Waals surface area contributed by atoms with Crippen molar-refractivity contribution in [3.8, 4) is 0 Å². The van der Waals surface area contributed by atoms with Crippen LogP contribution in [0.3, 0.4) is 0 Å². The molecule has 0 bridgehead atoms. The maximum atomic E-state index is 12.8. The van der Waals surface area contributed by atoms with Crippen molar-refractivity contribution >= 4 is 28.9 Å². The van der Waals surface area contributed by atoms with Crippen molar-refractivity contribution in [2.45, 2.75) is 19.8 Å². The van der Waals surface area contributed by atoms with E-state index in [1.54, 1.807) is 11.8 Å². The SMILES string of the molecule is CC(=O)N1CCCC(C(=O)Nc2ccccc2N(C)c2ccccc2)C1. The molecule has 1 aliphatic heterocycles. The highest BCUT2D eigenvalue weighted by Gasteiger charge is 2.27. The number of anilines is 3. The van der Waals surface area contributed by atoms with Crippen molar-refractivity contribution in [1.29, 1.82) is 0 Å². The summed E-state index contributed by atoms with van der Waals surface area (Å²) in [5.41, 5.74) is 2.77. The predicted octanol–water partition coefficient (Wildman–Crippen LogP) is 3.65. The Morgan fingerprint density at radius 3 is 2.50 bits per heavy atom. The summed E-state index contributed by atoms with van der Waals surface area (Å²) in [4.78, 5) is 28.2. The lowest BCUT2D eigenvalue weighted by Crippen LogP contribution is -2.42. The first kappa shape index (κ1) is 18.0. The first-order valence-corrected chi connectivity index (χ1v) is 9.00. The van der Waals surface area contributed by atoms with Crippen LogP contribution in [-0.2, 0) is 9.59 Å². The molecule has 5 heteroatoms. The van der Waals surface area contributed by atoms with Crippen LogP contribution in [0.25, 0.3) is 0 Å². The van der Waals surface area contributed by atoms with Gasteiger partial charge in [-0.3, -0.25) is 9.59 Å². The second kappa shape index (κ2) is 8.04. The number of hydrogen-bond donors (Lipinski definition) is 1. The molecule has 1 unspecified atom stereocenters. The van der Waals surface area contributed by atoms with Crippen LogP contribution < -0.4 is 10.2 Å². The van der Waals surface area contributed by atoms with Crippen molar-refractivity contribution in [2.24, 2.45) is 5.92 Å². The molecule has 0 spiro atoms. The second-order valence-electron chi connectivity index (χ2n) is 6.71. The fourth-order valence-electron chi connectivity index (χ4n) is 3.37. The van der Waals surface area contributed by atoms with E-state index in [0.29, 0.717) is 6.54 Å². The fourth-order valence-corrected chi connectivity index (χ4v) is 3.37. The van der Waals surface area contributed by atoms with Gasteiger partial charge >= 0.3 is 0 Å². The zero-order chi connectivity index (χ0) is 18.5. The van der Waals surface area contributed by atoms with Crippen LogP contribution in [0, 0.1) is 5.92 Å². The first-order chi connectivity index (χ1) is 12.6. The highest BCUT2D eigenvalue weighted by molar-refractivity contribution is 5.97. The van der Waals surface area contributed by atoms with Gasteiger partial charge in [0.1, 0.15) is 0 Å².